The van der Waals surface area contributed by atoms with Gasteiger partial charge in [-0.2, -0.15) is 13.9 Å². The molecule has 1 aliphatic carbocycles. The van der Waals surface area contributed by atoms with Gasteiger partial charge in [-0.1, -0.05) is 0 Å². The number of benzene rings is 1. The van der Waals surface area contributed by atoms with Crippen LogP contribution < -0.4 is 14.8 Å². The van der Waals surface area contributed by atoms with Gasteiger partial charge in [0.2, 0.25) is 0 Å². The number of rotatable bonds is 8. The number of carbonyl (C=O) groups is 1. The van der Waals surface area contributed by atoms with Crippen LogP contribution in [0.15, 0.2) is 30.5 Å². The summed E-state index contributed by atoms with van der Waals surface area (Å²) < 4.78 is 36.5. The maximum atomic E-state index is 12.6. The second-order valence-corrected chi connectivity index (χ2v) is 6.17. The lowest BCUT2D eigenvalue weighted by Gasteiger charge is -2.16. The molecule has 2 aromatic rings. The maximum absolute atomic E-state index is 12.6. The van der Waals surface area contributed by atoms with Crippen molar-refractivity contribution in [2.45, 2.75) is 39.3 Å². The number of anilines is 1. The molecule has 3 rings (SSSR count). The van der Waals surface area contributed by atoms with Gasteiger partial charge < -0.3 is 14.8 Å². The molecule has 0 bridgehead atoms. The molecule has 26 heavy (non-hydrogen) atoms. The number of hydrogen-bond donors (Lipinski definition) is 1. The van der Waals surface area contributed by atoms with E-state index in [9.17, 15) is 13.6 Å². The van der Waals surface area contributed by atoms with Crippen LogP contribution in [0.5, 0.6) is 11.5 Å². The Morgan fingerprint density at radius 2 is 2.12 bits per heavy atom. The molecule has 1 aromatic heterocycles. The molecule has 1 N–H and O–H groups in total. The van der Waals surface area contributed by atoms with Crippen LogP contribution in [-0.4, -0.2) is 28.9 Å². The van der Waals surface area contributed by atoms with Gasteiger partial charge in [0.25, 0.3) is 5.91 Å². The third-order valence-electron chi connectivity index (χ3n) is 4.32. The van der Waals surface area contributed by atoms with Crippen molar-refractivity contribution in [3.8, 4) is 11.5 Å². The van der Waals surface area contributed by atoms with E-state index in [-0.39, 0.29) is 35.6 Å². The zero-order chi connectivity index (χ0) is 18.7. The number of nitrogens with one attached hydrogen (secondary N) is 1. The zero-order valence-electron chi connectivity index (χ0n) is 14.6. The lowest BCUT2D eigenvalue weighted by Crippen LogP contribution is -2.18. The average Bonchev–Trinajstić information content (AvgIpc) is 3.35. The lowest BCUT2D eigenvalue weighted by molar-refractivity contribution is -0.0514. The first-order chi connectivity index (χ1) is 12.5. The Labute approximate surface area is 150 Å². The zero-order valence-corrected chi connectivity index (χ0v) is 14.6. The van der Waals surface area contributed by atoms with Crippen molar-refractivity contribution in [1.29, 1.82) is 0 Å². The molecule has 140 valence electrons. The van der Waals surface area contributed by atoms with Gasteiger partial charge in [-0.05, 0) is 50.8 Å². The van der Waals surface area contributed by atoms with Crippen LogP contribution in [0.2, 0.25) is 0 Å². The maximum Gasteiger partial charge on any atom is 0.387 e. The fourth-order valence-electron chi connectivity index (χ4n) is 2.82. The predicted octanol–water partition coefficient (Wildman–Crippen LogP) is 4.11. The Balaban J connectivity index is 1.77. The highest BCUT2D eigenvalue weighted by Crippen LogP contribution is 2.40. The smallest absolute Gasteiger partial charge is 0.387 e. The van der Waals surface area contributed by atoms with E-state index < -0.39 is 6.61 Å². The molecule has 1 heterocycles. The van der Waals surface area contributed by atoms with E-state index >= 15 is 0 Å². The fraction of sp³-hybridized carbons (Fsp3) is 0.444. The minimum atomic E-state index is -2.97. The standard InChI is InChI=1S/C18H21F2N3O3/c1-3-25-15-10-13(6-7-14(15)26-18(19)20)17(24)22-16-8-9-21-23(16)11(2)12-4-5-12/h6-12,18H,3-5H2,1-2H3,(H,22,24). The summed E-state index contributed by atoms with van der Waals surface area (Å²) in [5.41, 5.74) is 0.280. The molecule has 1 fully saturated rings. The van der Waals surface area contributed by atoms with Crippen LogP contribution in [0.25, 0.3) is 0 Å². The molecule has 1 saturated carbocycles. The summed E-state index contributed by atoms with van der Waals surface area (Å²) in [5.74, 6) is 0.798. The van der Waals surface area contributed by atoms with Crippen molar-refractivity contribution in [3.63, 3.8) is 0 Å². The van der Waals surface area contributed by atoms with E-state index in [0.29, 0.717) is 11.7 Å². The molecule has 0 spiro atoms. The molecule has 1 aliphatic rings. The number of alkyl halides is 2. The van der Waals surface area contributed by atoms with Gasteiger partial charge in [0.1, 0.15) is 5.82 Å². The number of carbonyl (C=O) groups excluding carboxylic acids is 1. The number of aromatic nitrogens is 2. The summed E-state index contributed by atoms with van der Waals surface area (Å²) in [6, 6.07) is 6.05. The number of amides is 1. The summed E-state index contributed by atoms with van der Waals surface area (Å²) in [5, 5.41) is 7.11. The van der Waals surface area contributed by atoms with Gasteiger partial charge in [0, 0.05) is 11.6 Å². The molecule has 0 radical (unpaired) electrons. The second-order valence-electron chi connectivity index (χ2n) is 6.17. The molecule has 8 heteroatoms. The Morgan fingerprint density at radius 1 is 1.35 bits per heavy atom. The Kier molecular flexibility index (Phi) is 5.39. The van der Waals surface area contributed by atoms with Crippen molar-refractivity contribution in [2.24, 2.45) is 5.92 Å². The van der Waals surface area contributed by atoms with Crippen LogP contribution in [0.3, 0.4) is 0 Å². The van der Waals surface area contributed by atoms with E-state index in [1.165, 1.54) is 18.2 Å². The monoisotopic (exact) mass is 365 g/mol. The first-order valence-corrected chi connectivity index (χ1v) is 8.56. The van der Waals surface area contributed by atoms with Gasteiger partial charge in [-0.15, -0.1) is 0 Å². The lowest BCUT2D eigenvalue weighted by atomic mass is 10.2. The summed E-state index contributed by atoms with van der Waals surface area (Å²) in [6.45, 7) is 1.09. The number of halogens is 2. The molecular weight excluding hydrogens is 344 g/mol. The Bertz CT molecular complexity index is 775. The van der Waals surface area contributed by atoms with Gasteiger partial charge in [-0.3, -0.25) is 4.79 Å². The molecule has 1 atom stereocenters. The van der Waals surface area contributed by atoms with Crippen molar-refractivity contribution >= 4 is 11.7 Å². The molecular formula is C18H21F2N3O3. The van der Waals surface area contributed by atoms with Crippen LogP contribution in [0.4, 0.5) is 14.6 Å². The van der Waals surface area contributed by atoms with E-state index in [2.05, 4.69) is 22.1 Å². The highest BCUT2D eigenvalue weighted by atomic mass is 19.3. The normalized spacial score (nSPS) is 15.0. The highest BCUT2D eigenvalue weighted by molar-refractivity contribution is 6.04. The van der Waals surface area contributed by atoms with E-state index in [1.807, 2.05) is 0 Å². The van der Waals surface area contributed by atoms with Gasteiger partial charge in [0.05, 0.1) is 18.8 Å². The molecule has 1 aromatic carbocycles. The van der Waals surface area contributed by atoms with Crippen molar-refractivity contribution in [2.75, 3.05) is 11.9 Å². The summed E-state index contributed by atoms with van der Waals surface area (Å²) >= 11 is 0. The SMILES string of the molecule is CCOc1cc(C(=O)Nc2ccnn2C(C)C2CC2)ccc1OC(F)F. The van der Waals surface area contributed by atoms with Gasteiger partial charge in [-0.25, -0.2) is 4.68 Å². The minimum absolute atomic E-state index is 0.0975. The predicted molar refractivity (Wildman–Crippen MR) is 91.9 cm³/mol. The first-order valence-electron chi connectivity index (χ1n) is 8.56. The first kappa shape index (κ1) is 18.2. The fourth-order valence-corrected chi connectivity index (χ4v) is 2.82. The molecule has 1 amide bonds. The highest BCUT2D eigenvalue weighted by Gasteiger charge is 2.30. The third-order valence-corrected chi connectivity index (χ3v) is 4.32. The summed E-state index contributed by atoms with van der Waals surface area (Å²) in [4.78, 5) is 12.6. The minimum Gasteiger partial charge on any atom is -0.490 e. The van der Waals surface area contributed by atoms with Gasteiger partial charge in [0.15, 0.2) is 11.5 Å². The third kappa shape index (κ3) is 4.12. The summed E-state index contributed by atoms with van der Waals surface area (Å²) in [6.07, 6.45) is 3.97. The van der Waals surface area contributed by atoms with E-state index in [1.54, 1.807) is 23.9 Å². The average molecular weight is 365 g/mol. The van der Waals surface area contributed by atoms with Crippen LogP contribution in [0.1, 0.15) is 43.1 Å². The van der Waals surface area contributed by atoms with Crippen LogP contribution in [-0.2, 0) is 0 Å². The molecule has 0 aliphatic heterocycles. The number of hydrogen-bond acceptors (Lipinski definition) is 4. The Morgan fingerprint density at radius 3 is 2.77 bits per heavy atom. The van der Waals surface area contributed by atoms with Crippen LogP contribution in [0, 0.1) is 5.92 Å². The van der Waals surface area contributed by atoms with Crippen molar-refractivity contribution in [3.05, 3.63) is 36.0 Å². The van der Waals surface area contributed by atoms with Crippen molar-refractivity contribution in [1.82, 2.24) is 9.78 Å². The quantitative estimate of drug-likeness (QED) is 0.765. The molecule has 6 nitrogen and oxygen atoms in total. The number of ether oxygens (including phenoxy) is 2. The molecule has 1 unspecified atom stereocenters. The van der Waals surface area contributed by atoms with Crippen molar-refractivity contribution < 1.29 is 23.0 Å². The van der Waals surface area contributed by atoms with E-state index in [4.69, 9.17) is 4.74 Å². The van der Waals surface area contributed by atoms with Crippen LogP contribution >= 0.6 is 0 Å². The molecule has 0 saturated heterocycles. The van der Waals surface area contributed by atoms with E-state index in [0.717, 1.165) is 12.8 Å². The Hall–Kier alpha value is -2.64. The second kappa shape index (κ2) is 7.72. The number of nitrogens with zero attached hydrogens (tertiary/aromatic N) is 2. The van der Waals surface area contributed by atoms with Gasteiger partial charge >= 0.3 is 6.61 Å². The topological polar surface area (TPSA) is 65.4 Å². The summed E-state index contributed by atoms with van der Waals surface area (Å²) in [7, 11) is 0. The largest absolute Gasteiger partial charge is 0.490 e.